The fourth-order valence-corrected chi connectivity index (χ4v) is 3.08. The molecule has 6 rings (SSSR count). The number of hydrogen-bond donors (Lipinski definition) is 0. The summed E-state index contributed by atoms with van der Waals surface area (Å²) in [5, 5.41) is 0. The van der Waals surface area contributed by atoms with Crippen molar-refractivity contribution in [1.29, 1.82) is 0 Å². The number of para-hydroxylation sites is 2. The number of aromatic nitrogens is 1. The molecule has 7 nitrogen and oxygen atoms in total. The Balaban J connectivity index is 0.000000153. The first-order chi connectivity index (χ1) is 12.7. The minimum absolute atomic E-state index is 0. The van der Waals surface area contributed by atoms with Gasteiger partial charge in [0.25, 0.3) is 0 Å². The molecule has 141 valence electrons. The van der Waals surface area contributed by atoms with Crippen molar-refractivity contribution in [3.63, 3.8) is 0 Å². The molecule has 4 aliphatic rings. The Hall–Kier alpha value is -2.44. The summed E-state index contributed by atoms with van der Waals surface area (Å²) in [6.45, 7) is 5.41. The van der Waals surface area contributed by atoms with Crippen LogP contribution in [0.5, 0.6) is 0 Å². The van der Waals surface area contributed by atoms with Crippen LogP contribution >= 0.6 is 0 Å². The number of nitrogens with zero attached hydrogens (tertiary/aromatic N) is 4. The molecule has 3 fully saturated rings. The van der Waals surface area contributed by atoms with E-state index >= 15 is 0 Å². The molecule has 0 amide bonds. The predicted molar refractivity (Wildman–Crippen MR) is 93.9 cm³/mol. The molecular formula is C19H18IrN4O3. The maximum absolute atomic E-state index is 12.4. The van der Waals surface area contributed by atoms with E-state index in [4.69, 9.17) is 4.42 Å². The van der Waals surface area contributed by atoms with Crippen molar-refractivity contribution in [3.8, 4) is 0 Å². The van der Waals surface area contributed by atoms with Crippen LogP contribution in [0.2, 0.25) is 0 Å². The Kier molecular flexibility index (Phi) is 4.61. The maximum Gasteiger partial charge on any atom is 0.227 e. The van der Waals surface area contributed by atoms with Crippen LogP contribution in [0.15, 0.2) is 58.2 Å². The van der Waals surface area contributed by atoms with Crippen LogP contribution in [0.1, 0.15) is 0 Å². The van der Waals surface area contributed by atoms with E-state index in [9.17, 15) is 9.59 Å². The number of carbonyl (C=O) groups excluding carboxylic acids is 2. The molecular weight excluding hydrogens is 524 g/mol. The average molecular weight is 543 g/mol. The first kappa shape index (κ1) is 17.9. The van der Waals surface area contributed by atoms with Gasteiger partial charge in [-0.05, 0) is 12.1 Å². The van der Waals surface area contributed by atoms with Crippen molar-refractivity contribution in [1.82, 2.24) is 19.7 Å². The van der Waals surface area contributed by atoms with Crippen LogP contribution in [-0.2, 0) is 29.7 Å². The number of hydrogen-bond acceptors (Lipinski definition) is 7. The van der Waals surface area contributed by atoms with Crippen molar-refractivity contribution in [3.05, 3.63) is 53.8 Å². The van der Waals surface area contributed by atoms with Gasteiger partial charge in [0.15, 0.2) is 12.0 Å². The molecule has 4 heterocycles. The summed E-state index contributed by atoms with van der Waals surface area (Å²) in [7, 11) is 0. The Morgan fingerprint density at radius 3 is 2.11 bits per heavy atom. The monoisotopic (exact) mass is 543 g/mol. The molecule has 27 heavy (non-hydrogen) atoms. The van der Waals surface area contributed by atoms with Crippen LogP contribution in [0.3, 0.4) is 0 Å². The summed E-state index contributed by atoms with van der Waals surface area (Å²) in [5.41, 5.74) is 3.65. The van der Waals surface area contributed by atoms with E-state index in [1.54, 1.807) is 0 Å². The zero-order valence-electron chi connectivity index (χ0n) is 14.6. The summed E-state index contributed by atoms with van der Waals surface area (Å²) >= 11 is 0. The van der Waals surface area contributed by atoms with Crippen LogP contribution in [0.4, 0.5) is 0 Å². The molecule has 3 saturated heterocycles. The van der Waals surface area contributed by atoms with E-state index in [2.05, 4.69) is 4.98 Å². The average Bonchev–Trinajstić information content (AvgIpc) is 3.50. The number of Topliss-reactive ketones (excluding diaryl/α,β-unsaturated/α-hetero) is 1. The Morgan fingerprint density at radius 1 is 0.852 bits per heavy atom. The molecule has 0 bridgehead atoms. The van der Waals surface area contributed by atoms with E-state index < -0.39 is 0 Å². The van der Waals surface area contributed by atoms with E-state index in [0.29, 0.717) is 17.1 Å². The van der Waals surface area contributed by atoms with E-state index in [-0.39, 0.29) is 31.7 Å². The normalized spacial score (nSPS) is 20.1. The Labute approximate surface area is 169 Å². The second-order valence-electron chi connectivity index (χ2n) is 6.70. The van der Waals surface area contributed by atoms with Gasteiger partial charge in [0.2, 0.25) is 11.6 Å². The van der Waals surface area contributed by atoms with Crippen molar-refractivity contribution in [2.24, 2.45) is 0 Å². The summed E-state index contributed by atoms with van der Waals surface area (Å²) in [5.74, 6) is 0.0485. The third kappa shape index (κ3) is 3.55. The van der Waals surface area contributed by atoms with Gasteiger partial charge in [0, 0.05) is 65.4 Å². The van der Waals surface area contributed by atoms with Gasteiger partial charge < -0.3 is 19.1 Å². The SMILES string of the molecule is O=C1C=C(N2CC2)C(=O)C(N2CC2)=C1N1CC1.[Ir].c1ccc2ocnc2c1. The maximum atomic E-state index is 12.4. The Bertz CT molecular complexity index is 938. The number of oxazole rings is 1. The molecule has 0 unspecified atom stereocenters. The number of allylic oxidation sites excluding steroid dienone is 1. The quantitative estimate of drug-likeness (QED) is 0.424. The van der Waals surface area contributed by atoms with Gasteiger partial charge in [-0.15, -0.1) is 0 Å². The number of ketones is 2. The minimum Gasteiger partial charge on any atom is -0.443 e. The van der Waals surface area contributed by atoms with Crippen LogP contribution in [-0.4, -0.2) is 70.5 Å². The molecule has 8 heteroatoms. The van der Waals surface area contributed by atoms with Gasteiger partial charge in [0.1, 0.15) is 16.9 Å². The smallest absolute Gasteiger partial charge is 0.227 e. The van der Waals surface area contributed by atoms with Gasteiger partial charge in [-0.2, -0.15) is 0 Å². The molecule has 1 aliphatic carbocycles. The largest absolute Gasteiger partial charge is 0.443 e. The van der Waals surface area contributed by atoms with E-state index in [1.807, 2.05) is 39.0 Å². The van der Waals surface area contributed by atoms with Gasteiger partial charge in [-0.3, -0.25) is 9.59 Å². The number of benzene rings is 1. The second-order valence-corrected chi connectivity index (χ2v) is 6.70. The predicted octanol–water partition coefficient (Wildman–Crippen LogP) is 1.01. The van der Waals surface area contributed by atoms with Gasteiger partial charge in [-0.25, -0.2) is 4.98 Å². The zero-order valence-corrected chi connectivity index (χ0v) is 16.9. The topological polar surface area (TPSA) is 69.2 Å². The molecule has 1 radical (unpaired) electrons. The van der Waals surface area contributed by atoms with Crippen LogP contribution < -0.4 is 0 Å². The first-order valence-electron chi connectivity index (χ1n) is 8.80. The third-order valence-electron chi connectivity index (χ3n) is 4.72. The van der Waals surface area contributed by atoms with Crippen molar-refractivity contribution < 1.29 is 34.1 Å². The summed E-state index contributed by atoms with van der Waals surface area (Å²) in [4.78, 5) is 34.4. The minimum atomic E-state index is 0. The van der Waals surface area contributed by atoms with E-state index in [0.717, 1.165) is 50.4 Å². The van der Waals surface area contributed by atoms with Crippen molar-refractivity contribution >= 4 is 22.7 Å². The fourth-order valence-electron chi connectivity index (χ4n) is 3.08. The second kappa shape index (κ2) is 6.94. The standard InChI is InChI=1S/C12H13N3O2.C7H5NO.Ir/c16-9-7-8(13-1-2-13)12(17)11(15-5-6-15)10(9)14-3-4-14;1-2-4-7-6(3-1)8-5-9-7;/h7H,1-6H2;1-5H;. The molecule has 0 N–H and O–H groups in total. The third-order valence-corrected chi connectivity index (χ3v) is 4.72. The van der Waals surface area contributed by atoms with Crippen LogP contribution in [0, 0.1) is 0 Å². The molecule has 1 aromatic carbocycles. The molecule has 3 aliphatic heterocycles. The molecule has 1 aromatic heterocycles. The van der Waals surface area contributed by atoms with Gasteiger partial charge in [0.05, 0.1) is 5.70 Å². The fraction of sp³-hybridized carbons (Fsp3) is 0.316. The molecule has 0 spiro atoms. The molecule has 0 atom stereocenters. The summed E-state index contributed by atoms with van der Waals surface area (Å²) in [6.07, 6.45) is 2.97. The van der Waals surface area contributed by atoms with Gasteiger partial charge >= 0.3 is 0 Å². The summed E-state index contributed by atoms with van der Waals surface area (Å²) in [6, 6.07) is 7.67. The van der Waals surface area contributed by atoms with E-state index in [1.165, 1.54) is 12.5 Å². The number of carbonyl (C=O) groups is 2. The molecule has 2 aromatic rings. The van der Waals surface area contributed by atoms with Gasteiger partial charge in [-0.1, -0.05) is 12.1 Å². The number of fused-ring (bicyclic) bond motifs is 1. The summed E-state index contributed by atoms with van der Waals surface area (Å²) < 4.78 is 5.01. The van der Waals surface area contributed by atoms with Crippen LogP contribution in [0.25, 0.3) is 11.1 Å². The first-order valence-corrected chi connectivity index (χ1v) is 8.80. The zero-order chi connectivity index (χ0) is 17.7. The van der Waals surface area contributed by atoms with Crippen molar-refractivity contribution in [2.45, 2.75) is 0 Å². The Morgan fingerprint density at radius 2 is 1.48 bits per heavy atom. The molecule has 0 saturated carbocycles. The number of rotatable bonds is 3. The van der Waals surface area contributed by atoms with Crippen molar-refractivity contribution in [2.75, 3.05) is 39.3 Å².